The number of hydrogen-bond acceptors (Lipinski definition) is 3. The first-order valence-corrected chi connectivity index (χ1v) is 6.85. The molecule has 0 aliphatic rings. The first kappa shape index (κ1) is 15.3. The van der Waals surface area contributed by atoms with Gasteiger partial charge in [-0.15, -0.1) is 0 Å². The lowest BCUT2D eigenvalue weighted by Gasteiger charge is -2.24. The molecular formula is C14H24ClN3. The van der Waals surface area contributed by atoms with Gasteiger partial charge in [-0.2, -0.15) is 0 Å². The molecule has 1 aromatic rings. The molecule has 1 aromatic heterocycles. The third-order valence-corrected chi connectivity index (χ3v) is 3.13. The maximum Gasteiger partial charge on any atom is 0.128 e. The number of nitrogens with zero attached hydrogens (tertiary/aromatic N) is 1. The quantitative estimate of drug-likeness (QED) is 0.855. The molecule has 1 rings (SSSR count). The minimum absolute atomic E-state index is 0.223. The predicted octanol–water partition coefficient (Wildman–Crippen LogP) is 3.79. The summed E-state index contributed by atoms with van der Waals surface area (Å²) in [7, 11) is 0. The van der Waals surface area contributed by atoms with E-state index in [0.717, 1.165) is 24.9 Å². The Hall–Kier alpha value is -0.800. The van der Waals surface area contributed by atoms with E-state index in [1.807, 2.05) is 6.07 Å². The van der Waals surface area contributed by atoms with Crippen molar-refractivity contribution in [2.24, 2.45) is 5.41 Å². The highest BCUT2D eigenvalue weighted by Crippen LogP contribution is 2.30. The Morgan fingerprint density at radius 2 is 2.11 bits per heavy atom. The van der Waals surface area contributed by atoms with E-state index in [4.69, 9.17) is 17.3 Å². The van der Waals surface area contributed by atoms with Crippen molar-refractivity contribution < 1.29 is 0 Å². The lowest BCUT2D eigenvalue weighted by molar-refractivity contribution is 0.334. The standard InChI is InChI=1S/C14H24ClN3/c1-5-17-12(6-7-14(2,3)4)11-8-10(15)9-18-13(11)16/h8-9,12,17H,5-7H2,1-4H3,(H2,16,18). The highest BCUT2D eigenvalue weighted by molar-refractivity contribution is 6.30. The van der Waals surface area contributed by atoms with Crippen molar-refractivity contribution in [3.05, 3.63) is 22.8 Å². The molecular weight excluding hydrogens is 246 g/mol. The Bertz CT molecular complexity index is 385. The van der Waals surface area contributed by atoms with Gasteiger partial charge in [0.2, 0.25) is 0 Å². The number of nitrogens with one attached hydrogen (secondary N) is 1. The van der Waals surface area contributed by atoms with Gasteiger partial charge in [0.1, 0.15) is 5.82 Å². The number of nitrogen functional groups attached to an aromatic ring is 1. The van der Waals surface area contributed by atoms with Crippen LogP contribution in [0.15, 0.2) is 12.3 Å². The minimum atomic E-state index is 0.223. The van der Waals surface area contributed by atoms with Crippen LogP contribution in [-0.4, -0.2) is 11.5 Å². The molecule has 3 N–H and O–H groups in total. The molecule has 102 valence electrons. The van der Waals surface area contributed by atoms with Crippen LogP contribution in [0.3, 0.4) is 0 Å². The molecule has 0 spiro atoms. The van der Waals surface area contributed by atoms with E-state index in [1.54, 1.807) is 6.20 Å². The van der Waals surface area contributed by atoms with Crippen LogP contribution in [0.1, 0.15) is 52.1 Å². The van der Waals surface area contributed by atoms with Crippen LogP contribution in [-0.2, 0) is 0 Å². The van der Waals surface area contributed by atoms with E-state index in [1.165, 1.54) is 0 Å². The van der Waals surface area contributed by atoms with Crippen molar-refractivity contribution in [1.29, 1.82) is 0 Å². The summed E-state index contributed by atoms with van der Waals surface area (Å²) in [4.78, 5) is 4.13. The number of hydrogen-bond donors (Lipinski definition) is 2. The molecule has 0 saturated carbocycles. The third kappa shape index (κ3) is 4.83. The molecule has 1 unspecified atom stereocenters. The highest BCUT2D eigenvalue weighted by atomic mass is 35.5. The van der Waals surface area contributed by atoms with Crippen LogP contribution >= 0.6 is 11.6 Å². The molecule has 0 aliphatic carbocycles. The lowest BCUT2D eigenvalue weighted by atomic mass is 9.87. The minimum Gasteiger partial charge on any atom is -0.383 e. The molecule has 0 fully saturated rings. The van der Waals surface area contributed by atoms with E-state index in [2.05, 4.69) is 38.0 Å². The SMILES string of the molecule is CCNC(CCC(C)(C)C)c1cc(Cl)cnc1N. The van der Waals surface area contributed by atoms with Crippen molar-refractivity contribution in [3.63, 3.8) is 0 Å². The van der Waals surface area contributed by atoms with Crippen molar-refractivity contribution >= 4 is 17.4 Å². The van der Waals surface area contributed by atoms with Crippen molar-refractivity contribution in [2.75, 3.05) is 12.3 Å². The summed E-state index contributed by atoms with van der Waals surface area (Å²) >= 11 is 6.01. The average Bonchev–Trinajstić information content (AvgIpc) is 2.26. The number of pyridine rings is 1. The number of nitrogens with two attached hydrogens (primary N) is 1. The monoisotopic (exact) mass is 269 g/mol. The van der Waals surface area contributed by atoms with Crippen LogP contribution in [0.25, 0.3) is 0 Å². The lowest BCUT2D eigenvalue weighted by Crippen LogP contribution is -2.23. The Morgan fingerprint density at radius 3 is 2.67 bits per heavy atom. The number of anilines is 1. The summed E-state index contributed by atoms with van der Waals surface area (Å²) < 4.78 is 0. The zero-order valence-corrected chi connectivity index (χ0v) is 12.5. The fourth-order valence-corrected chi connectivity index (χ4v) is 2.10. The summed E-state index contributed by atoms with van der Waals surface area (Å²) in [5.74, 6) is 0.569. The average molecular weight is 270 g/mol. The Labute approximate surface area is 115 Å². The molecule has 4 heteroatoms. The molecule has 1 atom stereocenters. The zero-order chi connectivity index (χ0) is 13.8. The molecule has 0 bridgehead atoms. The van der Waals surface area contributed by atoms with Gasteiger partial charge in [-0.1, -0.05) is 39.3 Å². The predicted molar refractivity (Wildman–Crippen MR) is 78.8 cm³/mol. The topological polar surface area (TPSA) is 50.9 Å². The van der Waals surface area contributed by atoms with Gasteiger partial charge in [0, 0.05) is 17.8 Å². The van der Waals surface area contributed by atoms with Crippen molar-refractivity contribution in [2.45, 2.75) is 46.6 Å². The Balaban J connectivity index is 2.86. The van der Waals surface area contributed by atoms with Gasteiger partial charge in [-0.25, -0.2) is 4.98 Å². The van der Waals surface area contributed by atoms with Crippen molar-refractivity contribution in [3.8, 4) is 0 Å². The summed E-state index contributed by atoms with van der Waals surface area (Å²) in [6.45, 7) is 9.74. The molecule has 0 aromatic carbocycles. The molecule has 0 radical (unpaired) electrons. The molecule has 0 aliphatic heterocycles. The zero-order valence-electron chi connectivity index (χ0n) is 11.8. The summed E-state index contributed by atoms with van der Waals surface area (Å²) in [5.41, 5.74) is 7.27. The van der Waals surface area contributed by atoms with Gasteiger partial charge in [-0.05, 0) is 30.9 Å². The molecule has 0 amide bonds. The fourth-order valence-electron chi connectivity index (χ4n) is 1.94. The van der Waals surface area contributed by atoms with Crippen LogP contribution in [0, 0.1) is 5.41 Å². The summed E-state index contributed by atoms with van der Waals surface area (Å²) in [6, 6.07) is 2.14. The highest BCUT2D eigenvalue weighted by Gasteiger charge is 2.18. The van der Waals surface area contributed by atoms with Crippen LogP contribution < -0.4 is 11.1 Å². The van der Waals surface area contributed by atoms with E-state index >= 15 is 0 Å². The number of rotatable bonds is 5. The molecule has 1 heterocycles. The maximum atomic E-state index is 6.01. The summed E-state index contributed by atoms with van der Waals surface area (Å²) in [6.07, 6.45) is 3.74. The van der Waals surface area contributed by atoms with Crippen LogP contribution in [0.2, 0.25) is 5.02 Å². The normalized spacial score (nSPS) is 13.6. The molecule has 0 saturated heterocycles. The largest absolute Gasteiger partial charge is 0.383 e. The smallest absolute Gasteiger partial charge is 0.128 e. The third-order valence-electron chi connectivity index (χ3n) is 2.93. The molecule has 18 heavy (non-hydrogen) atoms. The van der Waals surface area contributed by atoms with Gasteiger partial charge in [0.15, 0.2) is 0 Å². The van der Waals surface area contributed by atoms with E-state index in [0.29, 0.717) is 16.3 Å². The Kier molecular flexibility index (Phi) is 5.42. The van der Waals surface area contributed by atoms with Gasteiger partial charge in [0.25, 0.3) is 0 Å². The second-order valence-corrected chi connectivity index (χ2v) is 6.27. The molecule has 3 nitrogen and oxygen atoms in total. The van der Waals surface area contributed by atoms with Gasteiger partial charge in [0.05, 0.1) is 5.02 Å². The first-order chi connectivity index (χ1) is 8.33. The van der Waals surface area contributed by atoms with E-state index in [-0.39, 0.29) is 6.04 Å². The Morgan fingerprint density at radius 1 is 1.44 bits per heavy atom. The number of aromatic nitrogens is 1. The van der Waals surface area contributed by atoms with Crippen LogP contribution in [0.4, 0.5) is 5.82 Å². The van der Waals surface area contributed by atoms with Gasteiger partial charge in [-0.3, -0.25) is 0 Å². The van der Waals surface area contributed by atoms with Crippen molar-refractivity contribution in [1.82, 2.24) is 10.3 Å². The second-order valence-electron chi connectivity index (χ2n) is 5.84. The maximum absolute atomic E-state index is 6.01. The van der Waals surface area contributed by atoms with E-state index in [9.17, 15) is 0 Å². The number of halogens is 1. The fraction of sp³-hybridized carbons (Fsp3) is 0.643. The van der Waals surface area contributed by atoms with Gasteiger partial charge < -0.3 is 11.1 Å². The summed E-state index contributed by atoms with van der Waals surface area (Å²) in [5, 5.41) is 4.10. The second kappa shape index (κ2) is 6.39. The van der Waals surface area contributed by atoms with Gasteiger partial charge >= 0.3 is 0 Å². The van der Waals surface area contributed by atoms with Crippen LogP contribution in [0.5, 0.6) is 0 Å². The first-order valence-electron chi connectivity index (χ1n) is 6.48. The van der Waals surface area contributed by atoms with E-state index < -0.39 is 0 Å².